The average Bonchev–Trinajstić information content (AvgIpc) is 2.80. The van der Waals surface area contributed by atoms with Crippen LogP contribution in [0.2, 0.25) is 0 Å². The van der Waals surface area contributed by atoms with E-state index in [-0.39, 0.29) is 22.3 Å². The molecular formula is C19H12F10. The summed E-state index contributed by atoms with van der Waals surface area (Å²) in [5, 5.41) is 0. The number of benzene rings is 2. The molecule has 3 rings (SSSR count). The molecule has 0 saturated heterocycles. The standard InChI is InChI=1S/C19H12F10/c1-15(2)13-7-9(16(20,21)18(24,25)26)3-5-11(13)12-6-4-10(8-14(12)15)17(22,23)19(27,28)29/h3-8H,1-2H3. The molecule has 0 unspecified atom stereocenters. The number of hydrogen-bond donors (Lipinski definition) is 0. The highest BCUT2D eigenvalue weighted by Crippen LogP contribution is 2.53. The fourth-order valence-electron chi connectivity index (χ4n) is 3.46. The monoisotopic (exact) mass is 430 g/mol. The first kappa shape index (κ1) is 21.4. The van der Waals surface area contributed by atoms with Gasteiger partial charge < -0.3 is 0 Å². The molecule has 0 atom stereocenters. The summed E-state index contributed by atoms with van der Waals surface area (Å²) in [5.74, 6) is -10.3. The van der Waals surface area contributed by atoms with Gasteiger partial charge in [0.25, 0.3) is 0 Å². The van der Waals surface area contributed by atoms with Crippen LogP contribution >= 0.6 is 0 Å². The van der Waals surface area contributed by atoms with Crippen LogP contribution in [-0.2, 0) is 17.3 Å². The predicted molar refractivity (Wildman–Crippen MR) is 83.9 cm³/mol. The van der Waals surface area contributed by atoms with Gasteiger partial charge in [0.1, 0.15) is 0 Å². The van der Waals surface area contributed by atoms with Crippen molar-refractivity contribution in [1.29, 1.82) is 0 Å². The summed E-state index contributed by atoms with van der Waals surface area (Å²) < 4.78 is 131. The van der Waals surface area contributed by atoms with Crippen molar-refractivity contribution in [1.82, 2.24) is 0 Å². The van der Waals surface area contributed by atoms with Crippen LogP contribution < -0.4 is 0 Å². The fourth-order valence-corrected chi connectivity index (χ4v) is 3.46. The molecule has 29 heavy (non-hydrogen) atoms. The van der Waals surface area contributed by atoms with Crippen molar-refractivity contribution in [2.24, 2.45) is 0 Å². The van der Waals surface area contributed by atoms with Crippen LogP contribution in [-0.4, -0.2) is 12.4 Å². The lowest BCUT2D eigenvalue weighted by atomic mass is 9.81. The van der Waals surface area contributed by atoms with Gasteiger partial charge in [-0.15, -0.1) is 0 Å². The number of fused-ring (bicyclic) bond motifs is 3. The van der Waals surface area contributed by atoms with Crippen molar-refractivity contribution >= 4 is 0 Å². The molecule has 0 N–H and O–H groups in total. The minimum absolute atomic E-state index is 0.0265. The van der Waals surface area contributed by atoms with E-state index in [0.29, 0.717) is 24.3 Å². The van der Waals surface area contributed by atoms with E-state index in [1.54, 1.807) is 0 Å². The quantitative estimate of drug-likeness (QED) is 0.439. The van der Waals surface area contributed by atoms with E-state index >= 15 is 0 Å². The molecule has 1 aliphatic rings. The molecule has 0 bridgehead atoms. The smallest absolute Gasteiger partial charge is 0.191 e. The molecule has 0 aromatic heterocycles. The van der Waals surface area contributed by atoms with E-state index in [1.807, 2.05) is 0 Å². The van der Waals surface area contributed by atoms with Crippen molar-refractivity contribution < 1.29 is 43.9 Å². The van der Waals surface area contributed by atoms with Crippen molar-refractivity contribution in [3.05, 3.63) is 58.7 Å². The zero-order valence-electron chi connectivity index (χ0n) is 14.7. The van der Waals surface area contributed by atoms with Gasteiger partial charge >= 0.3 is 24.2 Å². The molecule has 2 aromatic carbocycles. The molecule has 0 aliphatic heterocycles. The van der Waals surface area contributed by atoms with Gasteiger partial charge in [0, 0.05) is 16.5 Å². The molecule has 0 heterocycles. The second-order valence-corrected chi connectivity index (χ2v) is 7.29. The minimum Gasteiger partial charge on any atom is -0.191 e. The molecule has 0 spiro atoms. The maximum absolute atomic E-state index is 13.7. The van der Waals surface area contributed by atoms with Crippen molar-refractivity contribution in [3.63, 3.8) is 0 Å². The van der Waals surface area contributed by atoms with Crippen molar-refractivity contribution in [3.8, 4) is 11.1 Å². The first-order valence-corrected chi connectivity index (χ1v) is 8.12. The third-order valence-corrected chi connectivity index (χ3v) is 5.11. The summed E-state index contributed by atoms with van der Waals surface area (Å²) in [7, 11) is 0. The second kappa shape index (κ2) is 5.89. The Kier molecular flexibility index (Phi) is 4.35. The highest BCUT2D eigenvalue weighted by molar-refractivity contribution is 5.81. The third-order valence-electron chi connectivity index (χ3n) is 5.11. The molecule has 1 aliphatic carbocycles. The van der Waals surface area contributed by atoms with Gasteiger partial charge in [0.2, 0.25) is 0 Å². The molecule has 0 saturated carbocycles. The van der Waals surface area contributed by atoms with Gasteiger partial charge in [-0.2, -0.15) is 43.9 Å². The molecule has 2 aromatic rings. The first-order valence-electron chi connectivity index (χ1n) is 8.12. The average molecular weight is 430 g/mol. The Balaban J connectivity index is 2.17. The highest BCUT2D eigenvalue weighted by Gasteiger charge is 2.60. The van der Waals surface area contributed by atoms with Crippen LogP contribution in [0.4, 0.5) is 43.9 Å². The lowest BCUT2D eigenvalue weighted by Crippen LogP contribution is -2.34. The predicted octanol–water partition coefficient (Wildman–Crippen LogP) is 7.30. The van der Waals surface area contributed by atoms with Crippen LogP contribution in [0.1, 0.15) is 36.1 Å². The SMILES string of the molecule is CC1(C)c2cc(C(F)(F)C(F)(F)F)ccc2-c2ccc(C(F)(F)C(F)(F)F)cc21. The Morgan fingerprint density at radius 3 is 1.14 bits per heavy atom. The summed E-state index contributed by atoms with van der Waals surface area (Å²) in [6, 6.07) is 4.33. The van der Waals surface area contributed by atoms with Crippen LogP contribution in [0.5, 0.6) is 0 Å². The van der Waals surface area contributed by atoms with E-state index in [4.69, 9.17) is 0 Å². The van der Waals surface area contributed by atoms with Gasteiger partial charge in [-0.05, 0) is 34.4 Å². The number of halogens is 10. The fraction of sp³-hybridized carbons (Fsp3) is 0.368. The molecule has 0 amide bonds. The molecule has 0 nitrogen and oxygen atoms in total. The Bertz CT molecular complexity index is 886. The van der Waals surface area contributed by atoms with Crippen LogP contribution in [0.3, 0.4) is 0 Å². The Morgan fingerprint density at radius 2 is 0.862 bits per heavy atom. The largest absolute Gasteiger partial charge is 0.458 e. The minimum atomic E-state index is -5.85. The third kappa shape index (κ3) is 2.98. The molecule has 158 valence electrons. The van der Waals surface area contributed by atoms with E-state index in [2.05, 4.69) is 0 Å². The van der Waals surface area contributed by atoms with E-state index < -0.39 is 40.7 Å². The summed E-state index contributed by atoms with van der Waals surface area (Å²) in [4.78, 5) is 0. The number of alkyl halides is 10. The molecular weight excluding hydrogens is 418 g/mol. The number of rotatable bonds is 2. The molecule has 0 radical (unpaired) electrons. The zero-order chi connectivity index (χ0) is 22.2. The van der Waals surface area contributed by atoms with Crippen molar-refractivity contribution in [2.45, 2.75) is 43.5 Å². The Morgan fingerprint density at radius 1 is 0.552 bits per heavy atom. The number of hydrogen-bond acceptors (Lipinski definition) is 0. The Labute approximate surface area is 158 Å². The zero-order valence-corrected chi connectivity index (χ0v) is 14.7. The summed E-state index contributed by atoms with van der Waals surface area (Å²) in [6.07, 6.45) is -11.7. The maximum Gasteiger partial charge on any atom is 0.458 e. The first-order chi connectivity index (χ1) is 12.9. The van der Waals surface area contributed by atoms with Gasteiger partial charge in [0.05, 0.1) is 0 Å². The normalized spacial score (nSPS) is 16.6. The van der Waals surface area contributed by atoms with Gasteiger partial charge in [-0.1, -0.05) is 38.1 Å². The molecule has 10 heteroatoms. The summed E-state index contributed by atoms with van der Waals surface area (Å²) >= 11 is 0. The van der Waals surface area contributed by atoms with Crippen LogP contribution in [0.15, 0.2) is 36.4 Å². The summed E-state index contributed by atoms with van der Waals surface area (Å²) in [6.45, 7) is 2.70. The van der Waals surface area contributed by atoms with E-state index in [1.165, 1.54) is 13.8 Å². The van der Waals surface area contributed by atoms with Gasteiger partial charge in [-0.25, -0.2) is 0 Å². The van der Waals surface area contributed by atoms with Gasteiger partial charge in [-0.3, -0.25) is 0 Å². The molecule has 0 fully saturated rings. The van der Waals surface area contributed by atoms with E-state index in [9.17, 15) is 43.9 Å². The topological polar surface area (TPSA) is 0 Å². The maximum atomic E-state index is 13.7. The van der Waals surface area contributed by atoms with Crippen LogP contribution in [0, 0.1) is 0 Å². The lowest BCUT2D eigenvalue weighted by Gasteiger charge is -2.26. The van der Waals surface area contributed by atoms with Crippen molar-refractivity contribution in [2.75, 3.05) is 0 Å². The Hall–Kier alpha value is -2.26. The van der Waals surface area contributed by atoms with Crippen LogP contribution in [0.25, 0.3) is 11.1 Å². The highest BCUT2D eigenvalue weighted by atomic mass is 19.4. The second-order valence-electron chi connectivity index (χ2n) is 7.29. The lowest BCUT2D eigenvalue weighted by molar-refractivity contribution is -0.289. The van der Waals surface area contributed by atoms with Gasteiger partial charge in [0.15, 0.2) is 0 Å². The van der Waals surface area contributed by atoms with E-state index in [0.717, 1.165) is 12.1 Å². The summed E-state index contributed by atoms with van der Waals surface area (Å²) in [5.41, 5.74) is -3.74.